The van der Waals surface area contributed by atoms with Gasteiger partial charge in [-0.2, -0.15) is 0 Å². The number of piperidine rings is 1. The van der Waals surface area contributed by atoms with Gasteiger partial charge in [0.2, 0.25) is 0 Å². The van der Waals surface area contributed by atoms with E-state index in [0.717, 1.165) is 61.3 Å². The first-order valence-electron chi connectivity index (χ1n) is 12.9. The van der Waals surface area contributed by atoms with Crippen LogP contribution in [0.3, 0.4) is 0 Å². The van der Waals surface area contributed by atoms with E-state index >= 15 is 0 Å². The van der Waals surface area contributed by atoms with Crippen molar-refractivity contribution in [3.8, 4) is 0 Å². The molecule has 1 amide bonds. The van der Waals surface area contributed by atoms with Crippen LogP contribution in [0.2, 0.25) is 10.0 Å². The van der Waals surface area contributed by atoms with Crippen LogP contribution in [0.4, 0.5) is 10.5 Å². The number of nitrogens with one attached hydrogen (secondary N) is 1. The van der Waals surface area contributed by atoms with Crippen molar-refractivity contribution in [2.24, 2.45) is 5.41 Å². The highest BCUT2D eigenvalue weighted by atomic mass is 35.5. The number of rotatable bonds is 5. The van der Waals surface area contributed by atoms with Crippen LogP contribution >= 0.6 is 35.0 Å². The Labute approximate surface area is 238 Å². The summed E-state index contributed by atoms with van der Waals surface area (Å²) in [5, 5.41) is 4.74. The first-order chi connectivity index (χ1) is 17.9. The monoisotopic (exact) mass is 579 g/mol. The Morgan fingerprint density at radius 1 is 1.18 bits per heavy atom. The molecule has 0 unspecified atom stereocenters. The van der Waals surface area contributed by atoms with Crippen molar-refractivity contribution in [1.29, 1.82) is 0 Å². The molecule has 206 valence electrons. The SMILES string of the molecule is COC(=O)c1nc(Sc2cccc(Cl)c2Cl)c(C)cc1N1CCC2(CCC[C@H]2NC(=O)OC(C)(C)C)CC1. The van der Waals surface area contributed by atoms with Crippen LogP contribution in [0.5, 0.6) is 0 Å². The molecule has 1 saturated carbocycles. The average molecular weight is 581 g/mol. The number of methoxy groups -OCH3 is 1. The normalized spacial score (nSPS) is 18.9. The quantitative estimate of drug-likeness (QED) is 0.372. The number of anilines is 1. The van der Waals surface area contributed by atoms with Gasteiger partial charge in [0.05, 0.1) is 22.8 Å². The summed E-state index contributed by atoms with van der Waals surface area (Å²) in [5.74, 6) is -0.482. The maximum atomic E-state index is 12.8. The first kappa shape index (κ1) is 28.8. The highest BCUT2D eigenvalue weighted by Crippen LogP contribution is 2.48. The Hall–Kier alpha value is -2.16. The summed E-state index contributed by atoms with van der Waals surface area (Å²) in [5.41, 5.74) is 1.47. The fraction of sp³-hybridized carbons (Fsp3) is 0.536. The summed E-state index contributed by atoms with van der Waals surface area (Å²) in [6.45, 7) is 9.10. The topological polar surface area (TPSA) is 80.8 Å². The van der Waals surface area contributed by atoms with Gasteiger partial charge in [0.15, 0.2) is 5.69 Å². The Balaban J connectivity index is 1.53. The number of nitrogens with zero attached hydrogens (tertiary/aromatic N) is 2. The number of benzene rings is 1. The molecule has 7 nitrogen and oxygen atoms in total. The number of pyridine rings is 1. The van der Waals surface area contributed by atoms with Crippen molar-refractivity contribution in [1.82, 2.24) is 10.3 Å². The van der Waals surface area contributed by atoms with Gasteiger partial charge in [0, 0.05) is 24.0 Å². The summed E-state index contributed by atoms with van der Waals surface area (Å²) < 4.78 is 10.6. The largest absolute Gasteiger partial charge is 0.464 e. The molecular weight excluding hydrogens is 545 g/mol. The Kier molecular flexibility index (Phi) is 8.75. The molecule has 10 heteroatoms. The van der Waals surface area contributed by atoms with E-state index in [1.54, 1.807) is 6.07 Å². The number of amides is 1. The van der Waals surface area contributed by atoms with E-state index < -0.39 is 11.6 Å². The molecule has 2 aromatic rings. The molecule has 1 aromatic carbocycles. The van der Waals surface area contributed by atoms with Crippen LogP contribution in [0.1, 0.15) is 68.9 Å². The minimum absolute atomic E-state index is 0.0282. The van der Waals surface area contributed by atoms with Gasteiger partial charge in [-0.15, -0.1) is 0 Å². The molecule has 1 aliphatic heterocycles. The molecule has 1 saturated heterocycles. The Bertz CT molecular complexity index is 1210. The zero-order chi connectivity index (χ0) is 27.7. The lowest BCUT2D eigenvalue weighted by molar-refractivity contribution is 0.0441. The number of carbonyl (C=O) groups excluding carboxylic acids is 2. The predicted octanol–water partition coefficient (Wildman–Crippen LogP) is 7.30. The maximum Gasteiger partial charge on any atom is 0.407 e. The second kappa shape index (κ2) is 11.5. The van der Waals surface area contributed by atoms with E-state index in [9.17, 15) is 9.59 Å². The molecule has 0 radical (unpaired) electrons. The highest BCUT2D eigenvalue weighted by molar-refractivity contribution is 7.99. The molecule has 1 aliphatic carbocycles. The third-order valence-corrected chi connectivity index (χ3v) is 9.44. The highest BCUT2D eigenvalue weighted by Gasteiger charge is 2.46. The first-order valence-corrected chi connectivity index (χ1v) is 14.5. The number of halogens is 2. The third-order valence-electron chi connectivity index (χ3n) is 7.35. The van der Waals surface area contributed by atoms with E-state index in [-0.39, 0.29) is 23.2 Å². The van der Waals surface area contributed by atoms with Gasteiger partial charge in [-0.25, -0.2) is 14.6 Å². The lowest BCUT2D eigenvalue weighted by Gasteiger charge is -2.44. The summed E-state index contributed by atoms with van der Waals surface area (Å²) in [7, 11) is 1.37. The zero-order valence-corrected chi connectivity index (χ0v) is 24.9. The average Bonchev–Trinajstić information content (AvgIpc) is 3.22. The van der Waals surface area contributed by atoms with Crippen LogP contribution in [-0.4, -0.2) is 48.9 Å². The Morgan fingerprint density at radius 2 is 1.89 bits per heavy atom. The van der Waals surface area contributed by atoms with Crippen molar-refractivity contribution in [3.63, 3.8) is 0 Å². The second-order valence-electron chi connectivity index (χ2n) is 11.1. The summed E-state index contributed by atoms with van der Waals surface area (Å²) in [6.07, 6.45) is 4.55. The van der Waals surface area contributed by atoms with Crippen LogP contribution in [0, 0.1) is 12.3 Å². The molecule has 2 heterocycles. The molecule has 1 spiro atoms. The van der Waals surface area contributed by atoms with Crippen LogP contribution in [-0.2, 0) is 9.47 Å². The van der Waals surface area contributed by atoms with Crippen LogP contribution in [0.15, 0.2) is 34.2 Å². The molecule has 0 bridgehead atoms. The van der Waals surface area contributed by atoms with Gasteiger partial charge in [0.1, 0.15) is 10.6 Å². The van der Waals surface area contributed by atoms with Crippen molar-refractivity contribution < 1.29 is 19.1 Å². The number of aromatic nitrogens is 1. The van der Waals surface area contributed by atoms with E-state index in [0.29, 0.717) is 15.1 Å². The van der Waals surface area contributed by atoms with Gasteiger partial charge in [-0.3, -0.25) is 0 Å². The van der Waals surface area contributed by atoms with E-state index in [2.05, 4.69) is 10.2 Å². The van der Waals surface area contributed by atoms with Crippen LogP contribution < -0.4 is 10.2 Å². The molecule has 1 aromatic heterocycles. The second-order valence-corrected chi connectivity index (χ2v) is 12.9. The summed E-state index contributed by atoms with van der Waals surface area (Å²) in [6, 6.07) is 7.53. The van der Waals surface area contributed by atoms with Crippen molar-refractivity contribution in [3.05, 3.63) is 45.6 Å². The maximum absolute atomic E-state index is 12.8. The molecular formula is C28H35Cl2N3O4S. The zero-order valence-electron chi connectivity index (χ0n) is 22.5. The van der Waals surface area contributed by atoms with Crippen molar-refractivity contribution in [2.75, 3.05) is 25.1 Å². The van der Waals surface area contributed by atoms with Gasteiger partial charge in [-0.05, 0) is 82.6 Å². The standard InChI is InChI=1S/C28H35Cl2N3O4S/c1-17-16-19(23(25(34)36-5)32-24(17)38-20-9-6-8-18(29)22(20)30)33-14-12-28(13-15-33)11-7-10-21(28)31-26(35)37-27(2,3)4/h6,8-9,16,21H,7,10-15H2,1-5H3,(H,31,35)/t21-/m1/s1. The lowest BCUT2D eigenvalue weighted by atomic mass is 9.74. The van der Waals surface area contributed by atoms with Gasteiger partial charge < -0.3 is 19.7 Å². The minimum Gasteiger partial charge on any atom is -0.464 e. The summed E-state index contributed by atoms with van der Waals surface area (Å²) >= 11 is 14.0. The van der Waals surface area contributed by atoms with E-state index in [1.165, 1.54) is 18.9 Å². The molecule has 4 rings (SSSR count). The molecule has 1 atom stereocenters. The van der Waals surface area contributed by atoms with Gasteiger partial charge in [-0.1, -0.05) is 47.5 Å². The molecule has 1 N–H and O–H groups in total. The Morgan fingerprint density at radius 3 is 2.55 bits per heavy atom. The van der Waals surface area contributed by atoms with Crippen molar-refractivity contribution >= 4 is 52.7 Å². The smallest absolute Gasteiger partial charge is 0.407 e. The number of esters is 1. The predicted molar refractivity (Wildman–Crippen MR) is 152 cm³/mol. The number of ether oxygens (including phenoxy) is 2. The molecule has 2 fully saturated rings. The van der Waals surface area contributed by atoms with Gasteiger partial charge >= 0.3 is 12.1 Å². The number of hydrogen-bond acceptors (Lipinski definition) is 7. The van der Waals surface area contributed by atoms with E-state index in [1.807, 2.05) is 45.9 Å². The number of hydrogen-bond donors (Lipinski definition) is 1. The fourth-order valence-corrected chi connectivity index (χ4v) is 6.83. The summed E-state index contributed by atoms with van der Waals surface area (Å²) in [4.78, 5) is 33.0. The van der Waals surface area contributed by atoms with Crippen LogP contribution in [0.25, 0.3) is 0 Å². The van der Waals surface area contributed by atoms with E-state index in [4.69, 9.17) is 37.7 Å². The van der Waals surface area contributed by atoms with Crippen molar-refractivity contribution in [2.45, 2.75) is 81.4 Å². The van der Waals surface area contributed by atoms with Gasteiger partial charge in [0.25, 0.3) is 0 Å². The molecule has 2 aliphatic rings. The number of alkyl carbamates (subject to hydrolysis) is 1. The minimum atomic E-state index is -0.531. The fourth-order valence-electron chi connectivity index (χ4n) is 5.45. The third kappa shape index (κ3) is 6.35. The number of carbonyl (C=O) groups is 2. The lowest BCUT2D eigenvalue weighted by Crippen LogP contribution is -2.51. The molecule has 38 heavy (non-hydrogen) atoms. The number of aryl methyl sites for hydroxylation is 1.